The number of nitrogens with one attached hydrogen (secondary N) is 1. The summed E-state index contributed by atoms with van der Waals surface area (Å²) in [6, 6.07) is 5.13. The van der Waals surface area contributed by atoms with Gasteiger partial charge in [0.05, 0.1) is 28.1 Å². The van der Waals surface area contributed by atoms with Gasteiger partial charge in [0.25, 0.3) is 11.8 Å². The molecule has 0 spiro atoms. The first-order chi connectivity index (χ1) is 19.1. The number of alkyl halides is 3. The van der Waals surface area contributed by atoms with Gasteiger partial charge in [0, 0.05) is 36.3 Å². The average Bonchev–Trinajstić information content (AvgIpc) is 2.88. The van der Waals surface area contributed by atoms with Crippen LogP contribution in [-0.4, -0.2) is 48.9 Å². The zero-order valence-corrected chi connectivity index (χ0v) is 22.0. The molecule has 1 unspecified atom stereocenters. The minimum Gasteiger partial charge on any atom is -0.367 e. The van der Waals surface area contributed by atoms with E-state index in [2.05, 4.69) is 10.2 Å². The highest BCUT2D eigenvalue weighted by atomic mass is 19.4. The lowest BCUT2D eigenvalue weighted by Crippen LogP contribution is -2.55. The molecule has 1 saturated heterocycles. The van der Waals surface area contributed by atoms with Crippen LogP contribution in [0.4, 0.5) is 42.1 Å². The normalized spacial score (nSPS) is 18.0. The van der Waals surface area contributed by atoms with Crippen molar-refractivity contribution in [2.24, 2.45) is 5.73 Å². The Bertz CT molecular complexity index is 1510. The smallest absolute Gasteiger partial charge is 0.367 e. The van der Waals surface area contributed by atoms with Crippen molar-refractivity contribution in [1.29, 1.82) is 0 Å². The van der Waals surface area contributed by atoms with Crippen molar-refractivity contribution in [2.45, 2.75) is 32.1 Å². The van der Waals surface area contributed by atoms with Crippen molar-refractivity contribution in [3.63, 3.8) is 0 Å². The Labute approximate surface area is 230 Å². The fourth-order valence-corrected chi connectivity index (χ4v) is 4.82. The zero-order valence-electron chi connectivity index (χ0n) is 22.0. The fourth-order valence-electron chi connectivity index (χ4n) is 4.82. The van der Waals surface area contributed by atoms with Crippen LogP contribution in [0.15, 0.2) is 42.5 Å². The van der Waals surface area contributed by atoms with E-state index in [-0.39, 0.29) is 29.5 Å². The molecule has 1 fully saturated rings. The van der Waals surface area contributed by atoms with Crippen LogP contribution in [-0.2, 0) is 6.18 Å². The highest BCUT2D eigenvalue weighted by molar-refractivity contribution is 6.07. The highest BCUT2D eigenvalue weighted by Gasteiger charge is 2.36. The number of piperazine rings is 1. The molecule has 0 aromatic heterocycles. The van der Waals surface area contributed by atoms with E-state index >= 15 is 4.39 Å². The SMILES string of the molecule is CC1CN(c2cc(F)c(-c3ccc(C(N)=O)c(F)c3F)cc2NC(=O)c2ccc(F)cc2C(F)(F)F)C[C@H](C)N1C. The molecule has 218 valence electrons. The van der Waals surface area contributed by atoms with Gasteiger partial charge in [-0.25, -0.2) is 17.6 Å². The molecule has 13 heteroatoms. The Morgan fingerprint density at radius 1 is 0.878 bits per heavy atom. The molecule has 4 rings (SSSR count). The molecule has 1 heterocycles. The Hall–Kier alpha value is -4.13. The molecule has 0 aliphatic carbocycles. The van der Waals surface area contributed by atoms with Crippen LogP contribution in [0.1, 0.15) is 40.1 Å². The third-order valence-electron chi connectivity index (χ3n) is 7.20. The van der Waals surface area contributed by atoms with Crippen molar-refractivity contribution < 1.29 is 40.3 Å². The van der Waals surface area contributed by atoms with Crippen molar-refractivity contribution in [3.8, 4) is 11.1 Å². The maximum absolute atomic E-state index is 15.5. The molecule has 0 saturated carbocycles. The Balaban J connectivity index is 1.87. The number of hydrogen-bond acceptors (Lipinski definition) is 4. The molecule has 3 aromatic rings. The Morgan fingerprint density at radius 2 is 1.49 bits per heavy atom. The third kappa shape index (κ3) is 5.85. The lowest BCUT2D eigenvalue weighted by Gasteiger charge is -2.44. The largest absolute Gasteiger partial charge is 0.417 e. The second kappa shape index (κ2) is 11.0. The van der Waals surface area contributed by atoms with Gasteiger partial charge in [0.1, 0.15) is 11.6 Å². The van der Waals surface area contributed by atoms with Crippen molar-refractivity contribution in [1.82, 2.24) is 4.90 Å². The lowest BCUT2D eigenvalue weighted by atomic mass is 9.99. The number of likely N-dealkylation sites (N-methyl/N-ethyl adjacent to an activating group) is 1. The minimum atomic E-state index is -5.07. The summed E-state index contributed by atoms with van der Waals surface area (Å²) in [7, 11) is 1.89. The number of amides is 2. The van der Waals surface area contributed by atoms with Crippen molar-refractivity contribution in [3.05, 3.63) is 82.4 Å². The number of halogens is 7. The van der Waals surface area contributed by atoms with Crippen LogP contribution in [0, 0.1) is 23.3 Å². The van der Waals surface area contributed by atoms with Crippen LogP contribution >= 0.6 is 0 Å². The van der Waals surface area contributed by atoms with E-state index < -0.39 is 69.1 Å². The zero-order chi connectivity index (χ0) is 30.4. The molecule has 2 atom stereocenters. The maximum Gasteiger partial charge on any atom is 0.417 e. The monoisotopic (exact) mass is 582 g/mol. The number of rotatable bonds is 5. The molecule has 3 aromatic carbocycles. The number of primary amides is 1. The van der Waals surface area contributed by atoms with E-state index in [1.54, 1.807) is 4.90 Å². The van der Waals surface area contributed by atoms with Crippen LogP contribution in [0.3, 0.4) is 0 Å². The number of anilines is 2. The number of nitrogens with zero attached hydrogens (tertiary/aromatic N) is 2. The molecule has 1 aliphatic rings. The average molecular weight is 583 g/mol. The maximum atomic E-state index is 15.5. The first-order valence-corrected chi connectivity index (χ1v) is 12.4. The second-order valence-corrected chi connectivity index (χ2v) is 9.91. The van der Waals surface area contributed by atoms with Gasteiger partial charge >= 0.3 is 6.18 Å². The minimum absolute atomic E-state index is 0.0492. The van der Waals surface area contributed by atoms with Gasteiger partial charge in [-0.15, -0.1) is 0 Å². The van der Waals surface area contributed by atoms with Crippen molar-refractivity contribution >= 4 is 23.2 Å². The lowest BCUT2D eigenvalue weighted by molar-refractivity contribution is -0.138. The topological polar surface area (TPSA) is 78.7 Å². The third-order valence-corrected chi connectivity index (χ3v) is 7.20. The van der Waals surface area contributed by atoms with Gasteiger partial charge in [-0.05, 0) is 57.3 Å². The summed E-state index contributed by atoms with van der Waals surface area (Å²) in [5.74, 6) is -8.00. The van der Waals surface area contributed by atoms with Crippen LogP contribution in [0.2, 0.25) is 0 Å². The summed E-state index contributed by atoms with van der Waals surface area (Å²) < 4.78 is 99.5. The highest BCUT2D eigenvalue weighted by Crippen LogP contribution is 2.39. The molecule has 41 heavy (non-hydrogen) atoms. The molecular formula is C28H25F7N4O2. The van der Waals surface area contributed by atoms with Crippen LogP contribution in [0.5, 0.6) is 0 Å². The Morgan fingerprint density at radius 3 is 2.07 bits per heavy atom. The van der Waals surface area contributed by atoms with Crippen molar-refractivity contribution in [2.75, 3.05) is 30.4 Å². The summed E-state index contributed by atoms with van der Waals surface area (Å²) in [6.45, 7) is 4.47. The predicted octanol–water partition coefficient (Wildman–Crippen LogP) is 5.81. The molecule has 0 radical (unpaired) electrons. The first-order valence-electron chi connectivity index (χ1n) is 12.4. The molecule has 2 amide bonds. The number of benzene rings is 3. The summed E-state index contributed by atoms with van der Waals surface area (Å²) >= 11 is 0. The van der Waals surface area contributed by atoms with Gasteiger partial charge in [-0.2, -0.15) is 13.2 Å². The van der Waals surface area contributed by atoms with Crippen LogP contribution in [0.25, 0.3) is 11.1 Å². The van der Waals surface area contributed by atoms with E-state index in [9.17, 15) is 35.9 Å². The fraction of sp³-hybridized carbons (Fsp3) is 0.286. The van der Waals surface area contributed by atoms with E-state index in [0.29, 0.717) is 25.2 Å². The van der Waals surface area contributed by atoms with Crippen LogP contribution < -0.4 is 16.0 Å². The van der Waals surface area contributed by atoms with Gasteiger partial charge in [-0.1, -0.05) is 6.07 Å². The predicted molar refractivity (Wildman–Crippen MR) is 139 cm³/mol. The standard InChI is InChI=1S/C28H25F7N4O2/c1-13-11-39(12-14(2)38(13)3)23-10-21(30)19(16-6-7-18(26(36)40)25(32)24(16)31)9-22(23)37-27(41)17-5-4-15(29)8-20(17)28(33,34)35/h4-10,13-14H,11-12H2,1-3H3,(H2,36,40)(H,37,41)/t13-,14?/m0/s1. The molecule has 6 nitrogen and oxygen atoms in total. The van der Waals surface area contributed by atoms with Gasteiger partial charge < -0.3 is 16.0 Å². The summed E-state index contributed by atoms with van der Waals surface area (Å²) in [5, 5.41) is 2.32. The summed E-state index contributed by atoms with van der Waals surface area (Å²) in [5.41, 5.74) is 0.555. The first kappa shape index (κ1) is 29.8. The van der Waals surface area contributed by atoms with Gasteiger partial charge in [-0.3, -0.25) is 14.5 Å². The van der Waals surface area contributed by atoms with E-state index in [4.69, 9.17) is 5.73 Å². The number of nitrogens with two attached hydrogens (primary N) is 1. The van der Waals surface area contributed by atoms with E-state index in [1.807, 2.05) is 20.9 Å². The molecular weight excluding hydrogens is 557 g/mol. The van der Waals surface area contributed by atoms with E-state index in [1.165, 1.54) is 0 Å². The quantitative estimate of drug-likeness (QED) is 0.373. The second-order valence-electron chi connectivity index (χ2n) is 9.91. The number of carbonyl (C=O) groups excluding carboxylic acids is 2. The molecule has 3 N–H and O–H groups in total. The van der Waals surface area contributed by atoms with Gasteiger partial charge in [0.15, 0.2) is 11.6 Å². The Kier molecular flexibility index (Phi) is 8.03. The molecule has 0 bridgehead atoms. The number of hydrogen-bond donors (Lipinski definition) is 2. The number of carbonyl (C=O) groups is 2. The van der Waals surface area contributed by atoms with E-state index in [0.717, 1.165) is 24.3 Å². The summed E-state index contributed by atoms with van der Waals surface area (Å²) in [4.78, 5) is 28.3. The van der Waals surface area contributed by atoms with Gasteiger partial charge in [0.2, 0.25) is 0 Å². The molecule has 1 aliphatic heterocycles. The summed E-state index contributed by atoms with van der Waals surface area (Å²) in [6.07, 6.45) is -5.07.